The van der Waals surface area contributed by atoms with E-state index >= 15 is 0 Å². The highest BCUT2D eigenvalue weighted by atomic mass is 79.9. The number of amides is 1. The van der Waals surface area contributed by atoms with Crippen molar-refractivity contribution in [2.75, 3.05) is 18.6 Å². The fourth-order valence-corrected chi connectivity index (χ4v) is 3.90. The monoisotopic (exact) mass is 417 g/mol. The average molecular weight is 418 g/mol. The lowest BCUT2D eigenvalue weighted by atomic mass is 9.68. The maximum Gasteiger partial charge on any atom is 0.339 e. The number of allylic oxidation sites excluding steroid dienone is 1. The number of nitrogens with zero attached hydrogens (tertiary/aromatic N) is 2. The predicted octanol–water partition coefficient (Wildman–Crippen LogP) is 2.22. The van der Waals surface area contributed by atoms with Crippen LogP contribution in [0.1, 0.15) is 19.4 Å². The molecule has 2 heterocycles. The van der Waals surface area contributed by atoms with Gasteiger partial charge in [0.2, 0.25) is 11.8 Å². The quantitative estimate of drug-likeness (QED) is 0.739. The topological polar surface area (TPSA) is 106 Å². The molecule has 0 aromatic heterocycles. The maximum atomic E-state index is 13.4. The van der Waals surface area contributed by atoms with E-state index in [1.165, 1.54) is 11.8 Å². The molecule has 1 unspecified atom stereocenters. The number of hydrogen-bond donors (Lipinski definition) is 1. The lowest BCUT2D eigenvalue weighted by molar-refractivity contribution is -0.141. The maximum absolute atomic E-state index is 13.4. The molecule has 2 aliphatic heterocycles. The summed E-state index contributed by atoms with van der Waals surface area (Å²) in [5.41, 5.74) is 5.15. The van der Waals surface area contributed by atoms with Gasteiger partial charge in [-0.25, -0.2) is 4.79 Å². The summed E-state index contributed by atoms with van der Waals surface area (Å²) in [4.78, 5) is 27.6. The van der Waals surface area contributed by atoms with Crippen LogP contribution in [-0.2, 0) is 24.5 Å². The molecule has 0 aliphatic carbocycles. The molecule has 2 aliphatic rings. The Morgan fingerprint density at radius 3 is 2.81 bits per heavy atom. The molecule has 1 aromatic carbocycles. The largest absolute Gasteiger partial charge is 0.462 e. The van der Waals surface area contributed by atoms with Crippen molar-refractivity contribution in [2.45, 2.75) is 19.3 Å². The fraction of sp³-hybridized carbons (Fsp3) is 0.278. The van der Waals surface area contributed by atoms with Crippen LogP contribution in [0.4, 0.5) is 5.69 Å². The van der Waals surface area contributed by atoms with E-state index in [1.807, 2.05) is 6.07 Å². The molecule has 1 atom stereocenters. The van der Waals surface area contributed by atoms with Gasteiger partial charge in [0.25, 0.3) is 0 Å². The van der Waals surface area contributed by atoms with E-state index < -0.39 is 17.3 Å². The van der Waals surface area contributed by atoms with Gasteiger partial charge in [-0.1, -0.05) is 15.9 Å². The van der Waals surface area contributed by atoms with Crippen LogP contribution in [0.25, 0.3) is 0 Å². The summed E-state index contributed by atoms with van der Waals surface area (Å²) in [6.07, 6.45) is 0. The number of benzene rings is 1. The number of carbonyl (C=O) groups is 2. The third kappa shape index (κ3) is 2.17. The van der Waals surface area contributed by atoms with E-state index in [0.717, 1.165) is 0 Å². The number of hydrogen-bond acceptors (Lipinski definition) is 6. The van der Waals surface area contributed by atoms with E-state index in [1.54, 1.807) is 32.2 Å². The Morgan fingerprint density at radius 2 is 2.19 bits per heavy atom. The van der Waals surface area contributed by atoms with Crippen molar-refractivity contribution >= 4 is 33.5 Å². The average Bonchev–Trinajstić information content (AvgIpc) is 2.78. The van der Waals surface area contributed by atoms with Gasteiger partial charge in [-0.3, -0.25) is 4.79 Å². The minimum atomic E-state index is -1.69. The fourth-order valence-electron chi connectivity index (χ4n) is 3.54. The number of fused-ring (bicyclic) bond motifs is 2. The van der Waals surface area contributed by atoms with E-state index in [2.05, 4.69) is 15.9 Å². The SMILES string of the molecule is CCOC(=O)C1=C(C)OC(N)=C(C#N)C12C(=O)N(C)c1ccc(Br)cc12. The number of ether oxygens (including phenoxy) is 2. The first kappa shape index (κ1) is 18.0. The van der Waals surface area contributed by atoms with E-state index in [0.29, 0.717) is 15.7 Å². The molecule has 0 radical (unpaired) electrons. The Hall–Kier alpha value is -2.79. The van der Waals surface area contributed by atoms with Gasteiger partial charge in [0.15, 0.2) is 5.41 Å². The highest BCUT2D eigenvalue weighted by molar-refractivity contribution is 9.10. The molecule has 8 heteroatoms. The van der Waals surface area contributed by atoms with Crippen LogP contribution < -0.4 is 10.6 Å². The molecule has 3 rings (SSSR count). The number of nitrogens with two attached hydrogens (primary N) is 1. The summed E-state index contributed by atoms with van der Waals surface area (Å²) in [7, 11) is 1.59. The Kier molecular flexibility index (Phi) is 4.28. The number of esters is 1. The van der Waals surface area contributed by atoms with Gasteiger partial charge in [-0.05, 0) is 32.0 Å². The first-order valence-corrected chi connectivity index (χ1v) is 8.64. The molecule has 1 amide bonds. The first-order valence-electron chi connectivity index (χ1n) is 7.85. The van der Waals surface area contributed by atoms with Crippen molar-refractivity contribution in [3.8, 4) is 6.07 Å². The van der Waals surface area contributed by atoms with Gasteiger partial charge in [0.05, 0.1) is 6.61 Å². The number of halogens is 1. The second kappa shape index (κ2) is 6.18. The van der Waals surface area contributed by atoms with Crippen molar-refractivity contribution in [3.05, 3.63) is 51.0 Å². The number of anilines is 1. The zero-order chi connectivity index (χ0) is 19.2. The highest BCUT2D eigenvalue weighted by Crippen LogP contribution is 2.54. The Labute approximate surface area is 158 Å². The zero-order valence-corrected chi connectivity index (χ0v) is 16.0. The van der Waals surface area contributed by atoms with E-state index in [-0.39, 0.29) is 29.4 Å². The number of rotatable bonds is 2. The Bertz CT molecular complexity index is 944. The van der Waals surface area contributed by atoms with Crippen molar-refractivity contribution in [2.24, 2.45) is 5.73 Å². The predicted molar refractivity (Wildman–Crippen MR) is 96.5 cm³/mol. The van der Waals surface area contributed by atoms with E-state index in [9.17, 15) is 14.9 Å². The lowest BCUT2D eigenvalue weighted by Gasteiger charge is -2.34. The summed E-state index contributed by atoms with van der Waals surface area (Å²) in [5.74, 6) is -1.25. The smallest absolute Gasteiger partial charge is 0.339 e. The molecule has 0 saturated carbocycles. The number of nitriles is 1. The zero-order valence-electron chi connectivity index (χ0n) is 14.4. The molecule has 0 bridgehead atoms. The molecule has 26 heavy (non-hydrogen) atoms. The molecule has 1 spiro atoms. The second-order valence-corrected chi connectivity index (χ2v) is 6.80. The van der Waals surface area contributed by atoms with Crippen molar-refractivity contribution < 1.29 is 19.1 Å². The summed E-state index contributed by atoms with van der Waals surface area (Å²) < 4.78 is 11.3. The molecule has 2 N–H and O–H groups in total. The molecule has 1 aromatic rings. The van der Waals surface area contributed by atoms with Crippen molar-refractivity contribution in [3.63, 3.8) is 0 Å². The Morgan fingerprint density at radius 1 is 1.50 bits per heavy atom. The highest BCUT2D eigenvalue weighted by Gasteiger charge is 2.61. The van der Waals surface area contributed by atoms with E-state index in [4.69, 9.17) is 15.2 Å². The van der Waals surface area contributed by atoms with Gasteiger partial charge >= 0.3 is 5.97 Å². The van der Waals surface area contributed by atoms with Crippen LogP contribution in [0.2, 0.25) is 0 Å². The standard InChI is InChI=1S/C18H16BrN3O4/c1-4-25-16(23)14-9(2)26-15(21)12(8-20)18(14)11-7-10(19)5-6-13(11)22(3)17(18)24/h5-7H,4,21H2,1-3H3. The van der Waals surface area contributed by atoms with Crippen LogP contribution in [0.3, 0.4) is 0 Å². The minimum Gasteiger partial charge on any atom is -0.462 e. The van der Waals surface area contributed by atoms with Crippen molar-refractivity contribution in [1.29, 1.82) is 5.26 Å². The van der Waals surface area contributed by atoms with Crippen LogP contribution in [0.5, 0.6) is 0 Å². The summed E-state index contributed by atoms with van der Waals surface area (Å²) >= 11 is 3.39. The van der Waals surface area contributed by atoms with Crippen LogP contribution >= 0.6 is 15.9 Å². The number of likely N-dealkylation sites (N-methyl/N-ethyl adjacent to an activating group) is 1. The lowest BCUT2D eigenvalue weighted by Crippen LogP contribution is -2.47. The molecule has 0 fully saturated rings. The van der Waals surface area contributed by atoms with Gasteiger partial charge < -0.3 is 20.1 Å². The summed E-state index contributed by atoms with van der Waals surface area (Å²) in [5, 5.41) is 9.78. The summed E-state index contributed by atoms with van der Waals surface area (Å²) in [6.45, 7) is 3.30. The van der Waals surface area contributed by atoms with Gasteiger partial charge in [-0.15, -0.1) is 0 Å². The van der Waals surface area contributed by atoms with Gasteiger partial charge in [0, 0.05) is 22.8 Å². The normalized spacial score (nSPS) is 21.7. The second-order valence-electron chi connectivity index (χ2n) is 5.88. The van der Waals surface area contributed by atoms with Crippen LogP contribution in [0.15, 0.2) is 45.5 Å². The van der Waals surface area contributed by atoms with Crippen LogP contribution in [0, 0.1) is 11.3 Å². The first-order chi connectivity index (χ1) is 12.3. The third-order valence-corrected chi connectivity index (χ3v) is 5.05. The molecule has 0 saturated heterocycles. The van der Waals surface area contributed by atoms with Crippen molar-refractivity contribution in [1.82, 2.24) is 0 Å². The molecule has 134 valence electrons. The van der Waals surface area contributed by atoms with Crippen LogP contribution in [-0.4, -0.2) is 25.5 Å². The van der Waals surface area contributed by atoms with Gasteiger partial charge in [-0.2, -0.15) is 5.26 Å². The molecular formula is C18H16BrN3O4. The minimum absolute atomic E-state index is 0.0289. The molecular weight excluding hydrogens is 402 g/mol. The molecule has 7 nitrogen and oxygen atoms in total. The Balaban J connectivity index is 2.45. The number of carbonyl (C=O) groups excluding carboxylic acids is 2. The van der Waals surface area contributed by atoms with Gasteiger partial charge in [0.1, 0.15) is 23.0 Å². The third-order valence-electron chi connectivity index (χ3n) is 4.55. The summed E-state index contributed by atoms with van der Waals surface area (Å²) in [6, 6.07) is 7.20.